The second-order valence-electron chi connectivity index (χ2n) is 16.3. The fourth-order valence-electron chi connectivity index (χ4n) is 6.41. The third kappa shape index (κ3) is 36.9. The van der Waals surface area contributed by atoms with Crippen molar-refractivity contribution in [3.05, 3.63) is 48.6 Å². The van der Waals surface area contributed by atoms with Crippen LogP contribution in [-0.4, -0.2) is 80.6 Å². The van der Waals surface area contributed by atoms with E-state index in [9.17, 15) is 19.5 Å². The molecule has 0 saturated heterocycles. The monoisotopic (exact) mass is 789 g/mol. The fourth-order valence-corrected chi connectivity index (χ4v) is 6.41. The smallest absolute Gasteiger partial charge is 0.362 e. The molecule has 2 atom stereocenters. The number of nitrogens with zero attached hydrogens (tertiary/aromatic N) is 1. The average Bonchev–Trinajstić information content (AvgIpc) is 3.15. The van der Waals surface area contributed by atoms with Gasteiger partial charge in [0, 0.05) is 19.3 Å². The summed E-state index contributed by atoms with van der Waals surface area (Å²) in [5, 5.41) is 9.62. The number of ether oxygens (including phenoxy) is 3. The Kier molecular flexibility index (Phi) is 37.2. The Bertz CT molecular complexity index is 1060. The van der Waals surface area contributed by atoms with E-state index in [1.807, 2.05) is 21.1 Å². The van der Waals surface area contributed by atoms with E-state index in [-0.39, 0.29) is 36.2 Å². The van der Waals surface area contributed by atoms with Gasteiger partial charge >= 0.3 is 17.9 Å². The first kappa shape index (κ1) is 53.3. The van der Waals surface area contributed by atoms with Crippen LogP contribution in [0, 0.1) is 0 Å². The number of carboxylic acids is 1. The summed E-state index contributed by atoms with van der Waals surface area (Å²) in [6.45, 7) is 4.66. The van der Waals surface area contributed by atoms with Gasteiger partial charge in [0.1, 0.15) is 6.61 Å². The molecule has 0 aromatic heterocycles. The summed E-state index contributed by atoms with van der Waals surface area (Å²) in [6.07, 6.45) is 45.7. The highest BCUT2D eigenvalue weighted by atomic mass is 16.6. The van der Waals surface area contributed by atoms with Gasteiger partial charge in [0.15, 0.2) is 12.1 Å². The number of rotatable bonds is 40. The third-order valence-corrected chi connectivity index (χ3v) is 9.98. The van der Waals surface area contributed by atoms with E-state index in [4.69, 9.17) is 14.2 Å². The zero-order valence-corrected chi connectivity index (χ0v) is 36.8. The lowest BCUT2D eigenvalue weighted by molar-refractivity contribution is -0.887. The highest BCUT2D eigenvalue weighted by Gasteiger charge is 2.31. The van der Waals surface area contributed by atoms with Crippen LogP contribution in [0.3, 0.4) is 0 Å². The predicted molar refractivity (Wildman–Crippen MR) is 234 cm³/mol. The molecule has 0 radical (unpaired) electrons. The minimum atomic E-state index is -0.879. The molecular formula is C48H86NO7+. The Labute approximate surface area is 344 Å². The molecule has 0 rings (SSSR count). The Morgan fingerprint density at radius 2 is 1.00 bits per heavy atom. The molecule has 0 spiro atoms. The molecule has 0 fully saturated rings. The molecule has 0 saturated carbocycles. The quantitative estimate of drug-likeness (QED) is 0.0217. The van der Waals surface area contributed by atoms with E-state index in [1.165, 1.54) is 89.9 Å². The maximum atomic E-state index is 12.7. The van der Waals surface area contributed by atoms with Gasteiger partial charge in [-0.05, 0) is 70.6 Å². The molecule has 8 heteroatoms. The van der Waals surface area contributed by atoms with Gasteiger partial charge in [0.25, 0.3) is 0 Å². The van der Waals surface area contributed by atoms with Crippen LogP contribution in [0.1, 0.15) is 187 Å². The maximum Gasteiger partial charge on any atom is 0.362 e. The molecule has 0 amide bonds. The minimum absolute atomic E-state index is 0.0534. The zero-order valence-electron chi connectivity index (χ0n) is 36.8. The largest absolute Gasteiger partial charge is 0.477 e. The first-order valence-electron chi connectivity index (χ1n) is 22.7. The number of quaternary nitrogens is 1. The van der Waals surface area contributed by atoms with Gasteiger partial charge < -0.3 is 23.8 Å². The van der Waals surface area contributed by atoms with Gasteiger partial charge in [0.05, 0.1) is 34.4 Å². The van der Waals surface area contributed by atoms with E-state index < -0.39 is 18.1 Å². The molecule has 0 aliphatic carbocycles. The third-order valence-electron chi connectivity index (χ3n) is 9.98. The van der Waals surface area contributed by atoms with Crippen molar-refractivity contribution in [3.8, 4) is 0 Å². The number of allylic oxidation sites excluding steroid dienone is 8. The summed E-state index contributed by atoms with van der Waals surface area (Å²) >= 11 is 0. The van der Waals surface area contributed by atoms with Gasteiger partial charge in [-0.25, -0.2) is 4.79 Å². The van der Waals surface area contributed by atoms with Crippen molar-refractivity contribution in [1.82, 2.24) is 0 Å². The normalized spacial score (nSPS) is 13.4. The molecule has 0 aliphatic rings. The Balaban J connectivity index is 4.37. The highest BCUT2D eigenvalue weighted by molar-refractivity contribution is 5.72. The Morgan fingerprint density at radius 1 is 0.554 bits per heavy atom. The number of hydrogen-bond donors (Lipinski definition) is 1. The minimum Gasteiger partial charge on any atom is -0.477 e. The molecule has 56 heavy (non-hydrogen) atoms. The standard InChI is InChI=1S/C48H85NO7/c1-6-8-10-12-14-16-18-20-22-23-25-27-29-31-33-35-37-39-47(51)56-44(42-54-41-40-45(48(52)53)49(3,4)5)43-55-46(50)38-36-34-32-30-28-26-24-21-19-17-15-13-11-9-7-2/h14-17,19-22,44-45H,6-13,18,23-43H2,1-5H3/p+1/b16-14+,17-15+,21-19+,22-20+. The van der Waals surface area contributed by atoms with Crippen molar-refractivity contribution in [2.75, 3.05) is 41.0 Å². The van der Waals surface area contributed by atoms with Crippen LogP contribution in [0.2, 0.25) is 0 Å². The van der Waals surface area contributed by atoms with Crippen LogP contribution in [0.5, 0.6) is 0 Å². The van der Waals surface area contributed by atoms with Crippen LogP contribution < -0.4 is 0 Å². The average molecular weight is 789 g/mol. The number of hydrogen-bond acceptors (Lipinski definition) is 6. The summed E-state index contributed by atoms with van der Waals surface area (Å²) in [5.41, 5.74) is 0. The van der Waals surface area contributed by atoms with Gasteiger partial charge in [-0.15, -0.1) is 0 Å². The Hall–Kier alpha value is -2.71. The topological polar surface area (TPSA) is 99.1 Å². The number of carbonyl (C=O) groups excluding carboxylic acids is 2. The molecule has 0 aromatic rings. The number of esters is 2. The van der Waals surface area contributed by atoms with E-state index >= 15 is 0 Å². The predicted octanol–water partition coefficient (Wildman–Crippen LogP) is 12.4. The van der Waals surface area contributed by atoms with Crippen molar-refractivity contribution in [3.63, 3.8) is 0 Å². The van der Waals surface area contributed by atoms with E-state index in [2.05, 4.69) is 62.5 Å². The van der Waals surface area contributed by atoms with E-state index in [0.29, 0.717) is 19.3 Å². The molecule has 1 N–H and O–H groups in total. The van der Waals surface area contributed by atoms with Crippen LogP contribution in [0.4, 0.5) is 0 Å². The first-order valence-corrected chi connectivity index (χ1v) is 22.7. The second-order valence-corrected chi connectivity index (χ2v) is 16.3. The lowest BCUT2D eigenvalue weighted by Gasteiger charge is -2.31. The van der Waals surface area contributed by atoms with Crippen molar-refractivity contribution in [2.45, 2.75) is 199 Å². The highest BCUT2D eigenvalue weighted by Crippen LogP contribution is 2.14. The molecule has 324 valence electrons. The van der Waals surface area contributed by atoms with E-state index in [1.54, 1.807) is 0 Å². The summed E-state index contributed by atoms with van der Waals surface area (Å²) < 4.78 is 17.3. The maximum absolute atomic E-state index is 12.7. The SMILES string of the molecule is CCCCC/C=C/C=C/CCCCCCCCC(=O)OCC(COCCC(C(=O)O)[N+](C)(C)C)OC(=O)CCCCCCCCC/C=C/C/C=C/CCCCC. The van der Waals surface area contributed by atoms with Crippen molar-refractivity contribution in [2.24, 2.45) is 0 Å². The fraction of sp³-hybridized carbons (Fsp3) is 0.771. The number of aliphatic carboxylic acids is 1. The van der Waals surface area contributed by atoms with Gasteiger partial charge in [-0.3, -0.25) is 9.59 Å². The van der Waals surface area contributed by atoms with Crippen molar-refractivity contribution in [1.29, 1.82) is 0 Å². The zero-order chi connectivity index (χ0) is 41.4. The van der Waals surface area contributed by atoms with Gasteiger partial charge in [-0.1, -0.05) is 146 Å². The van der Waals surface area contributed by atoms with Gasteiger partial charge in [-0.2, -0.15) is 0 Å². The van der Waals surface area contributed by atoms with Gasteiger partial charge in [0.2, 0.25) is 0 Å². The summed E-state index contributed by atoms with van der Waals surface area (Å²) in [6, 6.07) is -0.618. The van der Waals surface area contributed by atoms with Crippen LogP contribution in [0.25, 0.3) is 0 Å². The lowest BCUT2D eigenvalue weighted by Crippen LogP contribution is -2.50. The molecule has 2 unspecified atom stereocenters. The Morgan fingerprint density at radius 3 is 1.48 bits per heavy atom. The number of carbonyl (C=O) groups is 3. The van der Waals surface area contributed by atoms with E-state index in [0.717, 1.165) is 64.2 Å². The van der Waals surface area contributed by atoms with Crippen LogP contribution in [0.15, 0.2) is 48.6 Å². The number of unbranched alkanes of at least 4 members (excludes halogenated alkanes) is 19. The van der Waals surface area contributed by atoms with Crippen LogP contribution >= 0.6 is 0 Å². The second kappa shape index (κ2) is 39.1. The summed E-state index contributed by atoms with van der Waals surface area (Å²) in [5.74, 6) is -1.49. The van der Waals surface area contributed by atoms with Crippen molar-refractivity contribution >= 4 is 17.9 Å². The summed E-state index contributed by atoms with van der Waals surface area (Å²) in [7, 11) is 5.52. The molecular weight excluding hydrogens is 703 g/mol. The molecule has 0 bridgehead atoms. The molecule has 8 nitrogen and oxygen atoms in total. The molecule has 0 aliphatic heterocycles. The van der Waals surface area contributed by atoms with Crippen molar-refractivity contribution < 1.29 is 38.2 Å². The molecule has 0 aromatic carbocycles. The lowest BCUT2D eigenvalue weighted by atomic mass is 10.1. The van der Waals surface area contributed by atoms with Crippen LogP contribution in [-0.2, 0) is 28.6 Å². The first-order chi connectivity index (χ1) is 27.1. The number of carboxylic acid groups (broad SMARTS) is 1. The molecule has 0 heterocycles. The number of likely N-dealkylation sites (N-methyl/N-ethyl adjacent to an activating group) is 1. The summed E-state index contributed by atoms with van der Waals surface area (Å²) in [4.78, 5) is 37.0.